The van der Waals surface area contributed by atoms with Crippen LogP contribution in [0.3, 0.4) is 0 Å². The minimum atomic E-state index is -0.912. The molecule has 0 saturated carbocycles. The van der Waals surface area contributed by atoms with E-state index in [-0.39, 0.29) is 18.3 Å². The van der Waals surface area contributed by atoms with E-state index >= 15 is 0 Å². The molecule has 1 N–H and O–H groups in total. The lowest BCUT2D eigenvalue weighted by atomic mass is 9.94. The lowest BCUT2D eigenvalue weighted by Gasteiger charge is -2.27. The maximum absolute atomic E-state index is 11.3. The Bertz CT molecular complexity index is 449. The SMILES string of the molecule is COc1cc(C(C)=O)ccc1OCC(C)(O)C(C)C. The molecular formula is C15H22O4. The first kappa shape index (κ1) is 15.5. The molecule has 106 valence electrons. The highest BCUT2D eigenvalue weighted by Crippen LogP contribution is 2.29. The first-order valence-corrected chi connectivity index (χ1v) is 6.32. The number of hydrogen-bond donors (Lipinski definition) is 1. The van der Waals surface area contributed by atoms with E-state index in [9.17, 15) is 9.90 Å². The van der Waals surface area contributed by atoms with E-state index in [1.54, 1.807) is 25.1 Å². The number of Topliss-reactive ketones (excluding diaryl/α,β-unsaturated/α-hetero) is 1. The molecule has 0 fully saturated rings. The molecule has 4 nitrogen and oxygen atoms in total. The molecule has 4 heteroatoms. The van der Waals surface area contributed by atoms with Gasteiger partial charge >= 0.3 is 0 Å². The average molecular weight is 266 g/mol. The number of ether oxygens (including phenoxy) is 2. The van der Waals surface area contributed by atoms with Crippen molar-refractivity contribution in [3.05, 3.63) is 23.8 Å². The number of methoxy groups -OCH3 is 1. The van der Waals surface area contributed by atoms with Gasteiger partial charge in [0.05, 0.1) is 12.7 Å². The predicted molar refractivity (Wildman–Crippen MR) is 74.0 cm³/mol. The quantitative estimate of drug-likeness (QED) is 0.804. The van der Waals surface area contributed by atoms with Crippen molar-refractivity contribution in [2.45, 2.75) is 33.3 Å². The van der Waals surface area contributed by atoms with Crippen LogP contribution in [0.5, 0.6) is 11.5 Å². The molecule has 0 aliphatic carbocycles. The van der Waals surface area contributed by atoms with Crippen LogP contribution in [0.15, 0.2) is 18.2 Å². The number of aliphatic hydroxyl groups is 1. The summed E-state index contributed by atoms with van der Waals surface area (Å²) in [5, 5.41) is 10.1. The summed E-state index contributed by atoms with van der Waals surface area (Å²) in [5.74, 6) is 1.06. The molecule has 0 aliphatic rings. The Balaban J connectivity index is 2.87. The summed E-state index contributed by atoms with van der Waals surface area (Å²) >= 11 is 0. The minimum Gasteiger partial charge on any atom is -0.493 e. The van der Waals surface area contributed by atoms with Crippen LogP contribution in [0.1, 0.15) is 38.1 Å². The number of rotatable bonds is 6. The summed E-state index contributed by atoms with van der Waals surface area (Å²) in [6.45, 7) is 7.26. The fourth-order valence-corrected chi connectivity index (χ4v) is 1.40. The van der Waals surface area contributed by atoms with E-state index in [4.69, 9.17) is 9.47 Å². The zero-order chi connectivity index (χ0) is 14.6. The Morgan fingerprint density at radius 2 is 2.00 bits per heavy atom. The normalized spacial score (nSPS) is 14.1. The molecule has 0 heterocycles. The van der Waals surface area contributed by atoms with Gasteiger partial charge in [0.15, 0.2) is 17.3 Å². The van der Waals surface area contributed by atoms with Gasteiger partial charge in [0.2, 0.25) is 0 Å². The van der Waals surface area contributed by atoms with Gasteiger partial charge < -0.3 is 14.6 Å². The van der Waals surface area contributed by atoms with Crippen LogP contribution in [0, 0.1) is 5.92 Å². The smallest absolute Gasteiger partial charge is 0.161 e. The molecule has 0 aromatic heterocycles. The molecule has 19 heavy (non-hydrogen) atoms. The number of ketones is 1. The van der Waals surface area contributed by atoms with Crippen LogP contribution in [-0.4, -0.2) is 30.2 Å². The second-order valence-electron chi connectivity index (χ2n) is 5.22. The maximum Gasteiger partial charge on any atom is 0.161 e. The van der Waals surface area contributed by atoms with Gasteiger partial charge in [0, 0.05) is 5.56 Å². The minimum absolute atomic E-state index is 0.0287. The fourth-order valence-electron chi connectivity index (χ4n) is 1.40. The van der Waals surface area contributed by atoms with Crippen molar-refractivity contribution in [1.82, 2.24) is 0 Å². The van der Waals surface area contributed by atoms with E-state index in [0.717, 1.165) is 0 Å². The number of carbonyl (C=O) groups is 1. The van der Waals surface area contributed by atoms with Gasteiger partial charge in [-0.1, -0.05) is 13.8 Å². The topological polar surface area (TPSA) is 55.8 Å². The van der Waals surface area contributed by atoms with Gasteiger partial charge in [0.1, 0.15) is 6.61 Å². The van der Waals surface area contributed by atoms with Crippen LogP contribution in [0.2, 0.25) is 0 Å². The first-order chi connectivity index (χ1) is 8.77. The van der Waals surface area contributed by atoms with Crippen LogP contribution in [0.4, 0.5) is 0 Å². The Kier molecular flexibility index (Phi) is 4.95. The highest BCUT2D eigenvalue weighted by molar-refractivity contribution is 5.94. The summed E-state index contributed by atoms with van der Waals surface area (Å²) in [7, 11) is 1.52. The lowest BCUT2D eigenvalue weighted by Crippen LogP contribution is -2.37. The van der Waals surface area contributed by atoms with Crippen molar-refractivity contribution in [2.75, 3.05) is 13.7 Å². The highest BCUT2D eigenvalue weighted by Gasteiger charge is 2.26. The fraction of sp³-hybridized carbons (Fsp3) is 0.533. The summed E-state index contributed by atoms with van der Waals surface area (Å²) in [6.07, 6.45) is 0. The third kappa shape index (κ3) is 3.96. The van der Waals surface area contributed by atoms with Crippen LogP contribution < -0.4 is 9.47 Å². The largest absolute Gasteiger partial charge is 0.493 e. The maximum atomic E-state index is 11.3. The van der Waals surface area contributed by atoms with Gasteiger partial charge in [0.25, 0.3) is 0 Å². The van der Waals surface area contributed by atoms with Crippen LogP contribution >= 0.6 is 0 Å². The molecule has 0 saturated heterocycles. The van der Waals surface area contributed by atoms with Gasteiger partial charge in [-0.15, -0.1) is 0 Å². The third-order valence-electron chi connectivity index (χ3n) is 3.33. The van der Waals surface area contributed by atoms with Crippen LogP contribution in [0.25, 0.3) is 0 Å². The Labute approximate surface area is 114 Å². The zero-order valence-corrected chi connectivity index (χ0v) is 12.2. The Morgan fingerprint density at radius 3 is 2.47 bits per heavy atom. The van der Waals surface area contributed by atoms with Crippen molar-refractivity contribution < 1.29 is 19.4 Å². The third-order valence-corrected chi connectivity index (χ3v) is 3.33. The molecule has 0 bridgehead atoms. The van der Waals surface area contributed by atoms with E-state index in [1.807, 2.05) is 13.8 Å². The Hall–Kier alpha value is -1.55. The molecular weight excluding hydrogens is 244 g/mol. The van der Waals surface area contributed by atoms with Gasteiger partial charge in [-0.25, -0.2) is 0 Å². The molecule has 1 rings (SSSR count). The molecule has 0 aliphatic heterocycles. The van der Waals surface area contributed by atoms with Crippen molar-refractivity contribution >= 4 is 5.78 Å². The monoisotopic (exact) mass is 266 g/mol. The molecule has 0 spiro atoms. The van der Waals surface area contributed by atoms with Gasteiger partial charge in [-0.3, -0.25) is 4.79 Å². The molecule has 0 radical (unpaired) electrons. The molecule has 1 atom stereocenters. The lowest BCUT2D eigenvalue weighted by molar-refractivity contribution is -0.0271. The van der Waals surface area contributed by atoms with E-state index in [1.165, 1.54) is 14.0 Å². The molecule has 1 aromatic carbocycles. The molecule has 1 aromatic rings. The van der Waals surface area contributed by atoms with Gasteiger partial charge in [-0.2, -0.15) is 0 Å². The predicted octanol–water partition coefficient (Wildman–Crippen LogP) is 2.68. The van der Waals surface area contributed by atoms with Crippen molar-refractivity contribution in [3.63, 3.8) is 0 Å². The van der Waals surface area contributed by atoms with Crippen LogP contribution in [-0.2, 0) is 0 Å². The standard InChI is InChI=1S/C15H22O4/c1-10(2)15(4,17)9-19-13-7-6-12(11(3)16)8-14(13)18-5/h6-8,10,17H,9H2,1-5H3. The summed E-state index contributed by atoms with van der Waals surface area (Å²) in [6, 6.07) is 5.01. The summed E-state index contributed by atoms with van der Waals surface area (Å²) in [5.41, 5.74) is -0.343. The van der Waals surface area contributed by atoms with Crippen molar-refractivity contribution in [3.8, 4) is 11.5 Å². The number of carbonyl (C=O) groups excluding carboxylic acids is 1. The summed E-state index contributed by atoms with van der Waals surface area (Å²) in [4.78, 5) is 11.3. The van der Waals surface area contributed by atoms with Crippen molar-refractivity contribution in [2.24, 2.45) is 5.92 Å². The van der Waals surface area contributed by atoms with E-state index in [0.29, 0.717) is 17.1 Å². The van der Waals surface area contributed by atoms with Crippen molar-refractivity contribution in [1.29, 1.82) is 0 Å². The average Bonchev–Trinajstić information content (AvgIpc) is 2.35. The number of benzene rings is 1. The highest BCUT2D eigenvalue weighted by atomic mass is 16.5. The zero-order valence-electron chi connectivity index (χ0n) is 12.2. The number of hydrogen-bond acceptors (Lipinski definition) is 4. The first-order valence-electron chi connectivity index (χ1n) is 6.32. The van der Waals surface area contributed by atoms with E-state index in [2.05, 4.69) is 0 Å². The summed E-state index contributed by atoms with van der Waals surface area (Å²) < 4.78 is 10.8. The van der Waals surface area contributed by atoms with E-state index < -0.39 is 5.60 Å². The Morgan fingerprint density at radius 1 is 1.37 bits per heavy atom. The second kappa shape index (κ2) is 6.06. The van der Waals surface area contributed by atoms with Gasteiger partial charge in [-0.05, 0) is 38.0 Å². The molecule has 0 amide bonds. The second-order valence-corrected chi connectivity index (χ2v) is 5.22. The molecule has 1 unspecified atom stereocenters.